The zero-order chi connectivity index (χ0) is 38.3. The number of carbonyl (C=O) groups excluding carboxylic acids is 4. The molecular formula is C41H52BrN3O8. The topological polar surface area (TPSA) is 135 Å². The van der Waals surface area contributed by atoms with Crippen molar-refractivity contribution in [2.75, 3.05) is 26.9 Å². The minimum atomic E-state index is -1.37. The number of allylic oxidation sites excluding steroid dienone is 1. The predicted octanol–water partition coefficient (Wildman–Crippen LogP) is 4.74. The zero-order valence-corrected chi connectivity index (χ0v) is 32.4. The van der Waals surface area contributed by atoms with Crippen molar-refractivity contribution >= 4 is 39.6 Å². The molecule has 12 heteroatoms. The molecule has 3 amide bonds. The van der Waals surface area contributed by atoms with Gasteiger partial charge < -0.3 is 34.4 Å². The normalized spacial score (nSPS) is 26.6. The number of hydrogen-bond donors (Lipinski definition) is 2. The number of carbonyl (C=O) groups is 4. The maximum Gasteiger partial charge on any atom is 0.313 e. The molecule has 3 aliphatic rings. The Bertz CT molecular complexity index is 1610. The number of nitrogens with one attached hydrogen (secondary N) is 1. The van der Waals surface area contributed by atoms with E-state index in [0.29, 0.717) is 24.8 Å². The number of hydrogen-bond acceptors (Lipinski definition) is 8. The Kier molecular flexibility index (Phi) is 13.7. The highest BCUT2D eigenvalue weighted by atomic mass is 79.9. The molecule has 3 heterocycles. The van der Waals surface area contributed by atoms with Gasteiger partial charge in [0, 0.05) is 31.4 Å². The highest BCUT2D eigenvalue weighted by Gasteiger charge is 2.77. The largest absolute Gasteiger partial charge is 0.455 e. The number of benzene rings is 2. The van der Waals surface area contributed by atoms with Crippen LogP contribution in [0.5, 0.6) is 0 Å². The van der Waals surface area contributed by atoms with E-state index in [1.54, 1.807) is 29.2 Å². The Morgan fingerprint density at radius 1 is 1.13 bits per heavy atom. The van der Waals surface area contributed by atoms with Gasteiger partial charge in [-0.2, -0.15) is 0 Å². The summed E-state index contributed by atoms with van der Waals surface area (Å²) in [5.74, 6) is -4.00. The van der Waals surface area contributed by atoms with Gasteiger partial charge in [-0.05, 0) is 29.9 Å². The van der Waals surface area contributed by atoms with Crippen LogP contribution in [0.2, 0.25) is 0 Å². The number of aliphatic hydroxyl groups excluding tert-OH is 1. The highest BCUT2D eigenvalue weighted by molar-refractivity contribution is 9.09. The van der Waals surface area contributed by atoms with Crippen LogP contribution in [0.25, 0.3) is 0 Å². The molecular weight excluding hydrogens is 742 g/mol. The van der Waals surface area contributed by atoms with Gasteiger partial charge in [0.25, 0.3) is 0 Å². The summed E-state index contributed by atoms with van der Waals surface area (Å²) in [6.45, 7) is 11.7. The van der Waals surface area contributed by atoms with Gasteiger partial charge in [0.2, 0.25) is 17.7 Å². The van der Waals surface area contributed by atoms with Crippen molar-refractivity contribution in [3.05, 3.63) is 97.1 Å². The van der Waals surface area contributed by atoms with E-state index < -0.39 is 59.6 Å². The Balaban J connectivity index is 1.55. The SMILES string of the molecule is C=CCCC(=O)N[C@@H](COC)[C@@H](OC(=O)[C@@H]1[C@H]2O[C@@]3(CC2Br)[C@H](C(=O)N(CC=C)Cc2ccccc2)N([C@@H](CO)[C@@H](C)CC)C(=O)[C@@H]13)c1ccccc1. The fraction of sp³-hybridized carbons (Fsp3) is 0.512. The summed E-state index contributed by atoms with van der Waals surface area (Å²) in [5.41, 5.74) is 0.159. The molecule has 10 atom stereocenters. The number of ether oxygens (including phenoxy) is 3. The quantitative estimate of drug-likeness (QED) is 0.119. The number of amides is 3. The molecule has 3 fully saturated rings. The molecule has 0 aliphatic carbocycles. The summed E-state index contributed by atoms with van der Waals surface area (Å²) in [4.78, 5) is 60.3. The van der Waals surface area contributed by atoms with Gasteiger partial charge in [0.05, 0.1) is 43.2 Å². The summed E-state index contributed by atoms with van der Waals surface area (Å²) in [6.07, 6.45) is 3.16. The molecule has 0 radical (unpaired) electrons. The minimum Gasteiger partial charge on any atom is -0.455 e. The Labute approximate surface area is 320 Å². The standard InChI is InChI=1S/C41H52BrN3O8/c1-6-9-20-32(47)43-30(25-51-5)35(28-18-14-11-15-19-28)52-40(50)33-34-38(48)45(31(24-46)26(4)8-3)37(41(34)22-29(42)36(33)53-41)39(49)44(21-7-2)23-27-16-12-10-13-17-27/h6-7,10-19,26,29-31,33-37,46H,1-2,8-9,20-25H2,3-5H3,(H,43,47)/t26-,29?,30-,31-,33-,34+,35-,36-,37-,41+/m0/s1. The molecule has 11 nitrogen and oxygen atoms in total. The van der Waals surface area contributed by atoms with Crippen molar-refractivity contribution in [1.29, 1.82) is 0 Å². The van der Waals surface area contributed by atoms with Crippen LogP contribution in [0.3, 0.4) is 0 Å². The number of methoxy groups -OCH3 is 1. The minimum absolute atomic E-state index is 0.0443. The summed E-state index contributed by atoms with van der Waals surface area (Å²) in [5, 5.41) is 13.8. The third-order valence-corrected chi connectivity index (χ3v) is 11.8. The third-order valence-electron chi connectivity index (χ3n) is 11.0. The monoisotopic (exact) mass is 793 g/mol. The average molecular weight is 795 g/mol. The number of halogens is 1. The Morgan fingerprint density at radius 2 is 1.81 bits per heavy atom. The van der Waals surface area contributed by atoms with Crippen molar-refractivity contribution in [3.8, 4) is 0 Å². The third kappa shape index (κ3) is 8.16. The van der Waals surface area contributed by atoms with E-state index in [4.69, 9.17) is 14.2 Å². The number of nitrogens with zero attached hydrogens (tertiary/aromatic N) is 2. The van der Waals surface area contributed by atoms with Crippen molar-refractivity contribution in [2.24, 2.45) is 17.8 Å². The number of rotatable bonds is 19. The number of alkyl halides is 1. The summed E-state index contributed by atoms with van der Waals surface area (Å²) in [6, 6.07) is 16.1. The number of aliphatic hydroxyl groups is 1. The lowest BCUT2D eigenvalue weighted by Crippen LogP contribution is -2.59. The van der Waals surface area contributed by atoms with Crippen molar-refractivity contribution < 1.29 is 38.5 Å². The molecule has 286 valence electrons. The molecule has 3 aliphatic heterocycles. The first-order valence-electron chi connectivity index (χ1n) is 18.4. The van der Waals surface area contributed by atoms with Gasteiger partial charge in [-0.1, -0.05) is 109 Å². The van der Waals surface area contributed by atoms with Gasteiger partial charge in [-0.25, -0.2) is 0 Å². The highest BCUT2D eigenvalue weighted by Crippen LogP contribution is 2.61. The van der Waals surface area contributed by atoms with Crippen LogP contribution in [0, 0.1) is 17.8 Å². The number of fused-ring (bicyclic) bond motifs is 1. The van der Waals surface area contributed by atoms with E-state index in [2.05, 4.69) is 34.4 Å². The first-order chi connectivity index (χ1) is 25.6. The van der Waals surface area contributed by atoms with Gasteiger partial charge in [-0.15, -0.1) is 13.2 Å². The summed E-state index contributed by atoms with van der Waals surface area (Å²) < 4.78 is 18.6. The molecule has 0 saturated carbocycles. The molecule has 2 bridgehead atoms. The number of esters is 1. The van der Waals surface area contributed by atoms with Gasteiger partial charge in [-0.3, -0.25) is 19.2 Å². The number of likely N-dealkylation sites (tertiary alicyclic amines) is 1. The van der Waals surface area contributed by atoms with Crippen molar-refractivity contribution in [2.45, 2.75) is 86.8 Å². The molecule has 2 N–H and O–H groups in total. The second-order valence-electron chi connectivity index (χ2n) is 14.3. The van der Waals surface area contributed by atoms with Crippen LogP contribution in [0.4, 0.5) is 0 Å². The molecule has 2 aromatic carbocycles. The lowest BCUT2D eigenvalue weighted by atomic mass is 9.70. The van der Waals surface area contributed by atoms with Crippen LogP contribution in [0.1, 0.15) is 56.8 Å². The van der Waals surface area contributed by atoms with E-state index in [1.165, 1.54) is 12.0 Å². The van der Waals surface area contributed by atoms with E-state index in [-0.39, 0.29) is 55.3 Å². The van der Waals surface area contributed by atoms with Crippen LogP contribution >= 0.6 is 15.9 Å². The summed E-state index contributed by atoms with van der Waals surface area (Å²) in [7, 11) is 1.50. The molecule has 53 heavy (non-hydrogen) atoms. The Morgan fingerprint density at radius 3 is 2.42 bits per heavy atom. The molecule has 5 rings (SSSR count). The molecule has 2 aromatic rings. The van der Waals surface area contributed by atoms with Crippen LogP contribution in [-0.4, -0.2) is 100 Å². The van der Waals surface area contributed by atoms with E-state index in [1.807, 2.05) is 62.4 Å². The average Bonchev–Trinajstić information content (AvgIpc) is 3.76. The molecule has 3 saturated heterocycles. The molecule has 0 aromatic heterocycles. The van der Waals surface area contributed by atoms with E-state index in [9.17, 15) is 24.3 Å². The predicted molar refractivity (Wildman–Crippen MR) is 203 cm³/mol. The van der Waals surface area contributed by atoms with Crippen LogP contribution < -0.4 is 5.32 Å². The van der Waals surface area contributed by atoms with Gasteiger partial charge in [0.15, 0.2) is 0 Å². The van der Waals surface area contributed by atoms with Crippen LogP contribution in [0.15, 0.2) is 86.0 Å². The first kappa shape index (κ1) is 40.3. The van der Waals surface area contributed by atoms with Gasteiger partial charge >= 0.3 is 5.97 Å². The molecule has 1 spiro atoms. The zero-order valence-electron chi connectivity index (χ0n) is 30.8. The fourth-order valence-electron chi connectivity index (χ4n) is 8.28. The molecule has 1 unspecified atom stereocenters. The maximum absolute atomic E-state index is 15.0. The van der Waals surface area contributed by atoms with Gasteiger partial charge in [0.1, 0.15) is 17.7 Å². The lowest BCUT2D eigenvalue weighted by Gasteiger charge is -2.41. The Hall–Kier alpha value is -3.84. The maximum atomic E-state index is 15.0. The first-order valence-corrected chi connectivity index (χ1v) is 19.3. The summed E-state index contributed by atoms with van der Waals surface area (Å²) >= 11 is 3.75. The lowest BCUT2D eigenvalue weighted by molar-refractivity contribution is -0.163. The second-order valence-corrected chi connectivity index (χ2v) is 15.4. The van der Waals surface area contributed by atoms with Crippen molar-refractivity contribution in [1.82, 2.24) is 15.1 Å². The van der Waals surface area contributed by atoms with E-state index >= 15 is 0 Å². The van der Waals surface area contributed by atoms with Crippen LogP contribution in [-0.2, 0) is 39.9 Å². The fourth-order valence-corrected chi connectivity index (χ4v) is 9.22. The van der Waals surface area contributed by atoms with E-state index in [0.717, 1.165) is 5.56 Å². The van der Waals surface area contributed by atoms with Crippen molar-refractivity contribution in [3.63, 3.8) is 0 Å². The smallest absolute Gasteiger partial charge is 0.313 e. The second kappa shape index (κ2) is 18.0.